The van der Waals surface area contributed by atoms with Crippen LogP contribution < -0.4 is 10.0 Å². The van der Waals surface area contributed by atoms with Crippen LogP contribution in [-0.2, 0) is 14.8 Å². The molecule has 0 saturated heterocycles. The van der Waals surface area contributed by atoms with E-state index in [9.17, 15) is 18.0 Å². The van der Waals surface area contributed by atoms with E-state index >= 15 is 0 Å². The lowest BCUT2D eigenvalue weighted by atomic mass is 10.1. The summed E-state index contributed by atoms with van der Waals surface area (Å²) in [6, 6.07) is 3.43. The molecule has 0 bridgehead atoms. The summed E-state index contributed by atoms with van der Waals surface area (Å²) in [4.78, 5) is 26.5. The van der Waals surface area contributed by atoms with E-state index in [4.69, 9.17) is 16.1 Å². The van der Waals surface area contributed by atoms with E-state index in [0.717, 1.165) is 0 Å². The number of aryl methyl sites for hydroxylation is 2. The molecule has 1 aromatic carbocycles. The number of carbonyl (C=O) groups excluding carboxylic acids is 2. The second-order valence-corrected chi connectivity index (χ2v) is 8.72. The Hall–Kier alpha value is -2.43. The predicted molar refractivity (Wildman–Crippen MR) is 113 cm³/mol. The van der Waals surface area contributed by atoms with Crippen LogP contribution in [-0.4, -0.2) is 49.4 Å². The Kier molecular flexibility index (Phi) is 7.62. The zero-order chi connectivity index (χ0) is 22.6. The van der Waals surface area contributed by atoms with Crippen molar-refractivity contribution in [2.24, 2.45) is 0 Å². The number of hydrogen-bond donors (Lipinski definition) is 2. The molecule has 0 spiro atoms. The number of nitrogens with zero attached hydrogens (tertiary/aromatic N) is 2. The number of carbonyl (C=O) groups is 2. The average molecular weight is 457 g/mol. The lowest BCUT2D eigenvalue weighted by Crippen LogP contribution is -2.41. The maximum Gasteiger partial charge on any atom is 0.255 e. The molecule has 11 heteroatoms. The zero-order valence-corrected chi connectivity index (χ0v) is 19.0. The maximum absolute atomic E-state index is 12.5. The number of sulfonamides is 1. The number of rotatable bonds is 8. The third-order valence-corrected chi connectivity index (χ3v) is 6.58. The fraction of sp³-hybridized carbons (Fsp3) is 0.421. The van der Waals surface area contributed by atoms with Gasteiger partial charge in [0.05, 0.1) is 16.6 Å². The van der Waals surface area contributed by atoms with E-state index in [-0.39, 0.29) is 27.3 Å². The number of anilines is 1. The lowest BCUT2D eigenvalue weighted by molar-refractivity contribution is -0.117. The third kappa shape index (κ3) is 5.18. The van der Waals surface area contributed by atoms with Crippen molar-refractivity contribution in [1.29, 1.82) is 0 Å². The minimum atomic E-state index is -4.00. The van der Waals surface area contributed by atoms with Gasteiger partial charge in [-0.1, -0.05) is 16.8 Å². The van der Waals surface area contributed by atoms with E-state index in [0.29, 0.717) is 24.3 Å². The zero-order valence-electron chi connectivity index (χ0n) is 17.4. The summed E-state index contributed by atoms with van der Waals surface area (Å²) >= 11 is 6.23. The SMILES string of the molecule is CCN(CC)C(=O)c1ccc(NC(=O)[C@H](C)NS(=O)(=O)c2c(C)noc2C)cc1Cl. The molecule has 2 rings (SSSR count). The highest BCUT2D eigenvalue weighted by molar-refractivity contribution is 7.89. The first-order valence-corrected chi connectivity index (χ1v) is 11.2. The molecular weight excluding hydrogens is 432 g/mol. The van der Waals surface area contributed by atoms with E-state index in [1.807, 2.05) is 13.8 Å². The molecule has 0 radical (unpaired) electrons. The Morgan fingerprint density at radius 2 is 1.87 bits per heavy atom. The fourth-order valence-corrected chi connectivity index (χ4v) is 4.70. The average Bonchev–Trinajstić information content (AvgIpc) is 3.01. The summed E-state index contributed by atoms with van der Waals surface area (Å²) in [5.74, 6) is -0.666. The predicted octanol–water partition coefficient (Wildman–Crippen LogP) is 2.73. The van der Waals surface area contributed by atoms with Crippen LogP contribution in [0.2, 0.25) is 5.02 Å². The van der Waals surface area contributed by atoms with E-state index < -0.39 is 22.0 Å². The Balaban J connectivity index is 2.12. The summed E-state index contributed by atoms with van der Waals surface area (Å²) in [5, 5.41) is 6.40. The largest absolute Gasteiger partial charge is 0.360 e. The van der Waals surface area contributed by atoms with Crippen LogP contribution in [0.4, 0.5) is 5.69 Å². The normalized spacial score (nSPS) is 12.5. The van der Waals surface area contributed by atoms with Gasteiger partial charge in [0.15, 0.2) is 5.76 Å². The number of amides is 2. The molecular formula is C19H25ClN4O5S. The number of nitrogens with one attached hydrogen (secondary N) is 2. The molecule has 0 fully saturated rings. The van der Waals surface area contributed by atoms with Gasteiger partial charge in [0, 0.05) is 18.8 Å². The van der Waals surface area contributed by atoms with Crippen molar-refractivity contribution in [2.45, 2.75) is 45.6 Å². The van der Waals surface area contributed by atoms with Crippen molar-refractivity contribution < 1.29 is 22.5 Å². The molecule has 164 valence electrons. The molecule has 30 heavy (non-hydrogen) atoms. The minimum absolute atomic E-state index is 0.0931. The van der Waals surface area contributed by atoms with Crippen molar-refractivity contribution in [3.63, 3.8) is 0 Å². The molecule has 2 aromatic rings. The molecule has 1 heterocycles. The van der Waals surface area contributed by atoms with Crippen molar-refractivity contribution in [3.8, 4) is 0 Å². The first kappa shape index (κ1) is 23.8. The van der Waals surface area contributed by atoms with E-state index in [1.165, 1.54) is 39.0 Å². The van der Waals surface area contributed by atoms with Crippen LogP contribution in [0.15, 0.2) is 27.6 Å². The number of hydrogen-bond acceptors (Lipinski definition) is 6. The first-order valence-electron chi connectivity index (χ1n) is 9.36. The molecule has 1 atom stereocenters. The Morgan fingerprint density at radius 3 is 2.37 bits per heavy atom. The highest BCUT2D eigenvalue weighted by atomic mass is 35.5. The van der Waals surface area contributed by atoms with E-state index in [1.54, 1.807) is 4.90 Å². The van der Waals surface area contributed by atoms with Gasteiger partial charge in [-0.3, -0.25) is 9.59 Å². The van der Waals surface area contributed by atoms with Crippen molar-refractivity contribution in [3.05, 3.63) is 40.2 Å². The second-order valence-electron chi connectivity index (χ2n) is 6.66. The summed E-state index contributed by atoms with van der Waals surface area (Å²) in [5.41, 5.74) is 0.864. The second kappa shape index (κ2) is 9.59. The molecule has 1 aromatic heterocycles. The molecule has 0 aliphatic rings. The van der Waals surface area contributed by atoms with Crippen LogP contribution in [0.5, 0.6) is 0 Å². The van der Waals surface area contributed by atoms with Gasteiger partial charge in [-0.2, -0.15) is 4.72 Å². The molecule has 9 nitrogen and oxygen atoms in total. The number of benzene rings is 1. The Bertz CT molecular complexity index is 1030. The highest BCUT2D eigenvalue weighted by Crippen LogP contribution is 2.23. The number of aromatic nitrogens is 1. The van der Waals surface area contributed by atoms with Crippen LogP contribution in [0.1, 0.15) is 42.6 Å². The summed E-state index contributed by atoms with van der Waals surface area (Å²) in [6.07, 6.45) is 0. The molecule has 0 unspecified atom stereocenters. The monoisotopic (exact) mass is 456 g/mol. The quantitative estimate of drug-likeness (QED) is 0.629. The topological polar surface area (TPSA) is 122 Å². The molecule has 0 aliphatic heterocycles. The molecule has 0 saturated carbocycles. The van der Waals surface area contributed by atoms with Crippen molar-refractivity contribution in [1.82, 2.24) is 14.8 Å². The molecule has 2 amide bonds. The van der Waals surface area contributed by atoms with Gasteiger partial charge in [0.1, 0.15) is 10.6 Å². The first-order chi connectivity index (χ1) is 14.0. The van der Waals surface area contributed by atoms with Gasteiger partial charge in [-0.25, -0.2) is 8.42 Å². The van der Waals surface area contributed by atoms with Crippen LogP contribution in [0.3, 0.4) is 0 Å². The minimum Gasteiger partial charge on any atom is -0.360 e. The summed E-state index contributed by atoms with van der Waals surface area (Å²) in [7, 11) is -4.00. The van der Waals surface area contributed by atoms with Crippen LogP contribution in [0, 0.1) is 13.8 Å². The highest BCUT2D eigenvalue weighted by Gasteiger charge is 2.28. The standard InChI is InChI=1S/C19H25ClN4O5S/c1-6-24(7-2)19(26)15-9-8-14(10-16(15)20)21-18(25)12(4)23-30(27,28)17-11(3)22-29-13(17)5/h8-10,12,23H,6-7H2,1-5H3,(H,21,25)/t12-/m0/s1. The lowest BCUT2D eigenvalue weighted by Gasteiger charge is -2.20. The van der Waals surface area contributed by atoms with Gasteiger partial charge in [-0.05, 0) is 52.8 Å². The maximum atomic E-state index is 12.5. The smallest absolute Gasteiger partial charge is 0.255 e. The van der Waals surface area contributed by atoms with Crippen molar-refractivity contribution >= 4 is 39.1 Å². The van der Waals surface area contributed by atoms with Gasteiger partial charge >= 0.3 is 0 Å². The van der Waals surface area contributed by atoms with Gasteiger partial charge in [0.25, 0.3) is 5.91 Å². The van der Waals surface area contributed by atoms with E-state index in [2.05, 4.69) is 15.2 Å². The van der Waals surface area contributed by atoms with Gasteiger partial charge in [-0.15, -0.1) is 0 Å². The van der Waals surface area contributed by atoms with Crippen LogP contribution in [0.25, 0.3) is 0 Å². The van der Waals surface area contributed by atoms with Crippen LogP contribution >= 0.6 is 11.6 Å². The molecule has 2 N–H and O–H groups in total. The Morgan fingerprint density at radius 1 is 1.23 bits per heavy atom. The van der Waals surface area contributed by atoms with Crippen molar-refractivity contribution in [2.75, 3.05) is 18.4 Å². The summed E-state index contributed by atoms with van der Waals surface area (Å²) in [6.45, 7) is 9.22. The molecule has 0 aliphatic carbocycles. The third-order valence-electron chi connectivity index (χ3n) is 4.48. The van der Waals surface area contributed by atoms with Gasteiger partial charge in [0.2, 0.25) is 15.9 Å². The fourth-order valence-electron chi connectivity index (χ4n) is 2.90. The number of halogens is 1. The Labute approximate surface area is 180 Å². The summed E-state index contributed by atoms with van der Waals surface area (Å²) < 4.78 is 32.3. The van der Waals surface area contributed by atoms with Gasteiger partial charge < -0.3 is 14.7 Å².